The topological polar surface area (TPSA) is 67.2 Å². The van der Waals surface area contributed by atoms with E-state index in [0.29, 0.717) is 30.1 Å². The molecule has 1 aliphatic carbocycles. The van der Waals surface area contributed by atoms with Crippen LogP contribution in [0.3, 0.4) is 0 Å². The SMILES string of the molecule is O=C(N[C@@H]1CCCc2ccccc21)c1ccc(CN2C(=O)CCn3nc(-c4ccc(Cl)cc4)cc32)cc1. The molecule has 2 aliphatic rings. The molecule has 1 aromatic heterocycles. The molecule has 0 saturated heterocycles. The van der Waals surface area contributed by atoms with E-state index in [4.69, 9.17) is 16.7 Å². The summed E-state index contributed by atoms with van der Waals surface area (Å²) in [5.41, 5.74) is 5.87. The molecule has 0 spiro atoms. The Morgan fingerprint density at radius 3 is 2.59 bits per heavy atom. The summed E-state index contributed by atoms with van der Waals surface area (Å²) in [4.78, 5) is 27.6. The Balaban J connectivity index is 1.17. The van der Waals surface area contributed by atoms with Crippen molar-refractivity contribution < 1.29 is 9.59 Å². The van der Waals surface area contributed by atoms with Crippen LogP contribution in [0.15, 0.2) is 78.9 Å². The van der Waals surface area contributed by atoms with Crippen LogP contribution in [0.5, 0.6) is 0 Å². The van der Waals surface area contributed by atoms with E-state index in [1.807, 2.05) is 65.3 Å². The predicted molar refractivity (Wildman–Crippen MR) is 145 cm³/mol. The molecule has 7 heteroatoms. The van der Waals surface area contributed by atoms with Gasteiger partial charge >= 0.3 is 0 Å². The van der Waals surface area contributed by atoms with Crippen molar-refractivity contribution in [2.24, 2.45) is 0 Å². The molecule has 0 fully saturated rings. The minimum Gasteiger partial charge on any atom is -0.345 e. The van der Waals surface area contributed by atoms with Gasteiger partial charge in [-0.1, -0.05) is 60.1 Å². The molecule has 0 bridgehead atoms. The minimum atomic E-state index is -0.0759. The zero-order chi connectivity index (χ0) is 25.4. The van der Waals surface area contributed by atoms with Crippen LogP contribution < -0.4 is 10.2 Å². The Morgan fingerprint density at radius 1 is 1.00 bits per heavy atom. The van der Waals surface area contributed by atoms with Gasteiger partial charge in [0, 0.05) is 28.6 Å². The third-order valence-electron chi connectivity index (χ3n) is 7.25. The second-order valence-corrected chi connectivity index (χ2v) is 10.1. The zero-order valence-electron chi connectivity index (χ0n) is 20.4. The molecule has 6 rings (SSSR count). The standard InChI is InChI=1S/C30H27ClN4O2/c31-24-14-12-22(13-15-24)27-18-28-34(29(36)16-17-35(28)33-27)19-20-8-10-23(11-9-20)30(37)32-26-7-3-5-21-4-1-2-6-25(21)26/h1-2,4,6,8-15,18,26H,3,5,7,16-17,19H2,(H,32,37)/t26-/m1/s1. The van der Waals surface area contributed by atoms with Crippen LogP contribution in [0.4, 0.5) is 5.82 Å². The maximum absolute atomic E-state index is 13.0. The molecular weight excluding hydrogens is 484 g/mol. The van der Waals surface area contributed by atoms with E-state index in [1.54, 1.807) is 4.90 Å². The number of nitrogens with one attached hydrogen (secondary N) is 1. The molecular formula is C30H27ClN4O2. The van der Waals surface area contributed by atoms with Gasteiger partial charge in [-0.2, -0.15) is 5.10 Å². The molecule has 1 atom stereocenters. The zero-order valence-corrected chi connectivity index (χ0v) is 21.1. The number of carbonyl (C=O) groups excluding carboxylic acids is 2. The van der Waals surface area contributed by atoms with Gasteiger partial charge in [0.15, 0.2) is 0 Å². The van der Waals surface area contributed by atoms with Gasteiger partial charge in [0.25, 0.3) is 5.91 Å². The van der Waals surface area contributed by atoms with Gasteiger partial charge < -0.3 is 5.32 Å². The maximum Gasteiger partial charge on any atom is 0.251 e. The van der Waals surface area contributed by atoms with Crippen LogP contribution in [0.1, 0.15) is 52.4 Å². The molecule has 1 aliphatic heterocycles. The van der Waals surface area contributed by atoms with Gasteiger partial charge in [-0.3, -0.25) is 14.5 Å². The van der Waals surface area contributed by atoms with E-state index in [1.165, 1.54) is 11.1 Å². The number of benzene rings is 3. The first-order valence-corrected chi connectivity index (χ1v) is 13.0. The fourth-order valence-corrected chi connectivity index (χ4v) is 5.40. The summed E-state index contributed by atoms with van der Waals surface area (Å²) >= 11 is 6.03. The van der Waals surface area contributed by atoms with Crippen LogP contribution in [0, 0.1) is 0 Å². The van der Waals surface area contributed by atoms with Gasteiger partial charge in [-0.25, -0.2) is 4.68 Å². The molecule has 4 aromatic rings. The summed E-state index contributed by atoms with van der Waals surface area (Å²) < 4.78 is 1.88. The van der Waals surface area contributed by atoms with Gasteiger partial charge in [0.1, 0.15) is 5.82 Å². The monoisotopic (exact) mass is 510 g/mol. The van der Waals surface area contributed by atoms with E-state index in [-0.39, 0.29) is 17.9 Å². The van der Waals surface area contributed by atoms with Crippen molar-refractivity contribution in [3.63, 3.8) is 0 Å². The number of hydrogen-bond donors (Lipinski definition) is 1. The molecule has 1 N–H and O–H groups in total. The third kappa shape index (κ3) is 4.77. The van der Waals surface area contributed by atoms with E-state index in [0.717, 1.165) is 41.9 Å². The Kier molecular flexibility index (Phi) is 6.26. The van der Waals surface area contributed by atoms with Crippen LogP contribution in [-0.2, 0) is 24.3 Å². The summed E-state index contributed by atoms with van der Waals surface area (Å²) in [5.74, 6) is 0.764. The van der Waals surface area contributed by atoms with Crippen molar-refractivity contribution in [1.29, 1.82) is 0 Å². The first-order valence-electron chi connectivity index (χ1n) is 12.7. The fraction of sp³-hybridized carbons (Fsp3) is 0.233. The van der Waals surface area contributed by atoms with Crippen LogP contribution >= 0.6 is 11.6 Å². The molecule has 37 heavy (non-hydrogen) atoms. The van der Waals surface area contributed by atoms with Crippen molar-refractivity contribution in [3.8, 4) is 11.3 Å². The number of fused-ring (bicyclic) bond motifs is 2. The second-order valence-electron chi connectivity index (χ2n) is 9.66. The summed E-state index contributed by atoms with van der Waals surface area (Å²) in [5, 5.41) is 8.59. The van der Waals surface area contributed by atoms with Gasteiger partial charge in [0.05, 0.1) is 24.8 Å². The highest BCUT2D eigenvalue weighted by molar-refractivity contribution is 6.30. The number of carbonyl (C=O) groups is 2. The molecule has 3 aromatic carbocycles. The lowest BCUT2D eigenvalue weighted by Crippen LogP contribution is -2.37. The molecule has 6 nitrogen and oxygen atoms in total. The third-order valence-corrected chi connectivity index (χ3v) is 7.50. The van der Waals surface area contributed by atoms with Crippen molar-refractivity contribution in [2.45, 2.75) is 44.8 Å². The molecule has 2 amide bonds. The number of aryl methyl sites for hydroxylation is 2. The van der Waals surface area contributed by atoms with E-state index >= 15 is 0 Å². The van der Waals surface area contributed by atoms with Crippen LogP contribution in [-0.4, -0.2) is 21.6 Å². The Bertz CT molecular complexity index is 1460. The smallest absolute Gasteiger partial charge is 0.251 e. The summed E-state index contributed by atoms with van der Waals surface area (Å²) in [7, 11) is 0. The highest BCUT2D eigenvalue weighted by Crippen LogP contribution is 2.31. The van der Waals surface area contributed by atoms with Crippen LogP contribution in [0.2, 0.25) is 5.02 Å². The van der Waals surface area contributed by atoms with E-state index in [9.17, 15) is 9.59 Å². The lowest BCUT2D eigenvalue weighted by atomic mass is 9.87. The van der Waals surface area contributed by atoms with Gasteiger partial charge in [-0.05, 0) is 60.2 Å². The number of amides is 2. The van der Waals surface area contributed by atoms with Crippen molar-refractivity contribution >= 4 is 29.2 Å². The van der Waals surface area contributed by atoms with Crippen molar-refractivity contribution in [2.75, 3.05) is 4.90 Å². The highest BCUT2D eigenvalue weighted by atomic mass is 35.5. The molecule has 2 heterocycles. The number of aromatic nitrogens is 2. The predicted octanol–water partition coefficient (Wildman–Crippen LogP) is 5.95. The normalized spacial score (nSPS) is 16.7. The molecule has 186 valence electrons. The maximum atomic E-state index is 13.0. The Hall–Kier alpha value is -3.90. The molecule has 0 unspecified atom stereocenters. The summed E-state index contributed by atoms with van der Waals surface area (Å²) in [6.07, 6.45) is 3.48. The van der Waals surface area contributed by atoms with Gasteiger partial charge in [0.2, 0.25) is 5.91 Å². The fourth-order valence-electron chi connectivity index (χ4n) is 5.27. The molecule has 0 saturated carbocycles. The molecule has 0 radical (unpaired) electrons. The summed E-state index contributed by atoms with van der Waals surface area (Å²) in [6, 6.07) is 25.4. The lowest BCUT2D eigenvalue weighted by molar-refractivity contribution is -0.119. The summed E-state index contributed by atoms with van der Waals surface area (Å²) in [6.45, 7) is 0.976. The Morgan fingerprint density at radius 2 is 1.78 bits per heavy atom. The highest BCUT2D eigenvalue weighted by Gasteiger charge is 2.27. The largest absolute Gasteiger partial charge is 0.345 e. The number of hydrogen-bond acceptors (Lipinski definition) is 3. The first kappa shape index (κ1) is 23.5. The average Bonchev–Trinajstić information content (AvgIpc) is 3.36. The number of rotatable bonds is 5. The van der Waals surface area contributed by atoms with Crippen molar-refractivity contribution in [1.82, 2.24) is 15.1 Å². The van der Waals surface area contributed by atoms with Crippen molar-refractivity contribution in [3.05, 3.63) is 106 Å². The quantitative estimate of drug-likeness (QED) is 0.361. The number of nitrogens with zero attached hydrogens (tertiary/aromatic N) is 3. The van der Waals surface area contributed by atoms with E-state index in [2.05, 4.69) is 23.5 Å². The Labute approximate surface area is 220 Å². The number of anilines is 1. The first-order chi connectivity index (χ1) is 18.0. The van der Waals surface area contributed by atoms with E-state index < -0.39 is 0 Å². The average molecular weight is 511 g/mol. The van der Waals surface area contributed by atoms with Gasteiger partial charge in [-0.15, -0.1) is 0 Å². The minimum absolute atomic E-state index is 0.0400. The lowest BCUT2D eigenvalue weighted by Gasteiger charge is -2.27. The van der Waals surface area contributed by atoms with Crippen LogP contribution in [0.25, 0.3) is 11.3 Å². The number of halogens is 1. The second kappa shape index (κ2) is 9.87.